The van der Waals surface area contributed by atoms with Crippen LogP contribution >= 0.6 is 0 Å². The molecule has 17 heavy (non-hydrogen) atoms. The van der Waals surface area contributed by atoms with Crippen LogP contribution in [-0.4, -0.2) is 35.1 Å². The molecule has 1 saturated carbocycles. The van der Waals surface area contributed by atoms with Crippen molar-refractivity contribution in [3.63, 3.8) is 0 Å². The molecule has 0 heterocycles. The Labute approximate surface area is 101 Å². The molecule has 0 radical (unpaired) electrons. The van der Waals surface area contributed by atoms with Gasteiger partial charge in [-0.05, 0) is 12.3 Å². The molecule has 98 valence electrons. The van der Waals surface area contributed by atoms with Crippen molar-refractivity contribution >= 4 is 12.0 Å². The second kappa shape index (κ2) is 6.44. The summed E-state index contributed by atoms with van der Waals surface area (Å²) in [5.74, 6) is 5.09. The third kappa shape index (κ3) is 3.89. The van der Waals surface area contributed by atoms with Crippen LogP contribution in [0.15, 0.2) is 0 Å². The summed E-state index contributed by atoms with van der Waals surface area (Å²) in [6.45, 7) is 0. The van der Waals surface area contributed by atoms with Gasteiger partial charge >= 0.3 is 6.09 Å². The lowest BCUT2D eigenvalue weighted by Crippen LogP contribution is -2.50. The average molecular weight is 243 g/mol. The maximum absolute atomic E-state index is 11.6. The van der Waals surface area contributed by atoms with Gasteiger partial charge in [-0.15, -0.1) is 0 Å². The smallest absolute Gasteiger partial charge is 0.407 e. The maximum Gasteiger partial charge on any atom is 0.407 e. The van der Waals surface area contributed by atoms with Crippen LogP contribution < -0.4 is 11.3 Å². The molecule has 0 aliphatic heterocycles. The molecule has 0 aromatic carbocycles. The van der Waals surface area contributed by atoms with Gasteiger partial charge in [-0.3, -0.25) is 15.1 Å². The van der Waals surface area contributed by atoms with Crippen LogP contribution in [0.4, 0.5) is 4.79 Å². The fourth-order valence-corrected chi connectivity index (χ4v) is 2.41. The van der Waals surface area contributed by atoms with Crippen molar-refractivity contribution < 1.29 is 14.7 Å². The molecule has 1 rings (SSSR count). The molecule has 1 fully saturated rings. The van der Waals surface area contributed by atoms with Crippen LogP contribution in [0.25, 0.3) is 0 Å². The molecule has 1 aliphatic carbocycles. The quantitative estimate of drug-likeness (QED) is 0.389. The van der Waals surface area contributed by atoms with E-state index in [0.717, 1.165) is 17.7 Å². The summed E-state index contributed by atoms with van der Waals surface area (Å²) < 4.78 is 0. The van der Waals surface area contributed by atoms with Crippen molar-refractivity contribution in [3.05, 3.63) is 0 Å². The molecule has 2 amide bonds. The summed E-state index contributed by atoms with van der Waals surface area (Å²) in [5.41, 5.74) is 2.05. The lowest BCUT2D eigenvalue weighted by molar-refractivity contribution is -0.126. The fourth-order valence-electron chi connectivity index (χ4n) is 2.41. The molecule has 0 bridgehead atoms. The fraction of sp³-hybridized carbons (Fsp3) is 0.818. The van der Waals surface area contributed by atoms with E-state index < -0.39 is 18.0 Å². The van der Waals surface area contributed by atoms with Crippen molar-refractivity contribution in [1.29, 1.82) is 0 Å². The molecular formula is C11H21N3O3. The first kappa shape index (κ1) is 13.8. The van der Waals surface area contributed by atoms with E-state index in [-0.39, 0.29) is 0 Å². The third-order valence-electron chi connectivity index (χ3n) is 3.50. The summed E-state index contributed by atoms with van der Waals surface area (Å²) in [4.78, 5) is 23.5. The van der Waals surface area contributed by atoms with E-state index in [2.05, 4.69) is 0 Å². The Morgan fingerprint density at radius 2 is 2.00 bits per heavy atom. The molecule has 1 aliphatic rings. The monoisotopic (exact) mass is 243 g/mol. The Balaban J connectivity index is 2.62. The topological polar surface area (TPSA) is 95.7 Å². The first-order chi connectivity index (χ1) is 8.06. The van der Waals surface area contributed by atoms with Gasteiger partial charge in [0.05, 0.1) is 0 Å². The molecule has 4 N–H and O–H groups in total. The Kier molecular flexibility index (Phi) is 5.21. The van der Waals surface area contributed by atoms with Crippen molar-refractivity contribution in [3.8, 4) is 0 Å². The number of hydrazine groups is 1. The molecule has 1 unspecified atom stereocenters. The second-order valence-electron chi connectivity index (χ2n) is 4.66. The molecular weight excluding hydrogens is 222 g/mol. The highest BCUT2D eigenvalue weighted by atomic mass is 16.4. The van der Waals surface area contributed by atoms with E-state index in [0.29, 0.717) is 12.3 Å². The van der Waals surface area contributed by atoms with Crippen LogP contribution in [0, 0.1) is 5.92 Å². The zero-order valence-corrected chi connectivity index (χ0v) is 10.2. The van der Waals surface area contributed by atoms with Gasteiger partial charge in [0, 0.05) is 7.05 Å². The lowest BCUT2D eigenvalue weighted by atomic mass is 9.84. The number of hydrogen-bond donors (Lipinski definition) is 3. The molecule has 1 atom stereocenters. The van der Waals surface area contributed by atoms with E-state index >= 15 is 0 Å². The Morgan fingerprint density at radius 3 is 2.47 bits per heavy atom. The van der Waals surface area contributed by atoms with Crippen molar-refractivity contribution in [2.75, 3.05) is 7.05 Å². The number of amides is 2. The number of nitrogens with zero attached hydrogens (tertiary/aromatic N) is 1. The van der Waals surface area contributed by atoms with Gasteiger partial charge in [-0.2, -0.15) is 0 Å². The summed E-state index contributed by atoms with van der Waals surface area (Å²) in [6.07, 6.45) is 5.17. The standard InChI is InChI=1S/C11H21N3O3/c1-14(11(16)17)9(10(15)13-12)7-8-5-3-2-4-6-8/h8-9H,2-7,12H2,1H3,(H,13,15)(H,16,17). The van der Waals surface area contributed by atoms with Crippen LogP contribution in [-0.2, 0) is 4.79 Å². The molecule has 0 spiro atoms. The van der Waals surface area contributed by atoms with E-state index in [4.69, 9.17) is 10.9 Å². The first-order valence-corrected chi connectivity index (χ1v) is 6.02. The number of carbonyl (C=O) groups is 2. The highest BCUT2D eigenvalue weighted by molar-refractivity contribution is 5.84. The number of nitrogens with one attached hydrogen (secondary N) is 1. The molecule has 6 nitrogen and oxygen atoms in total. The number of likely N-dealkylation sites (N-methyl/N-ethyl adjacent to an activating group) is 1. The van der Waals surface area contributed by atoms with Gasteiger partial charge in [0.25, 0.3) is 5.91 Å². The van der Waals surface area contributed by atoms with E-state index in [1.54, 1.807) is 0 Å². The number of carboxylic acid groups (broad SMARTS) is 1. The number of carbonyl (C=O) groups excluding carboxylic acids is 1. The molecule has 6 heteroatoms. The molecule has 0 aromatic rings. The van der Waals surface area contributed by atoms with Gasteiger partial charge in [0.15, 0.2) is 0 Å². The van der Waals surface area contributed by atoms with Gasteiger partial charge in [0.2, 0.25) is 0 Å². The predicted molar refractivity (Wildman–Crippen MR) is 63.1 cm³/mol. The highest BCUT2D eigenvalue weighted by Crippen LogP contribution is 2.28. The SMILES string of the molecule is CN(C(=O)O)C(CC1CCCCC1)C(=O)NN. The summed E-state index contributed by atoms with van der Waals surface area (Å²) in [5, 5.41) is 8.93. The average Bonchev–Trinajstić information content (AvgIpc) is 2.35. The van der Waals surface area contributed by atoms with Gasteiger partial charge in [0.1, 0.15) is 6.04 Å². The number of rotatable bonds is 4. The van der Waals surface area contributed by atoms with Gasteiger partial charge in [-0.25, -0.2) is 10.6 Å². The second-order valence-corrected chi connectivity index (χ2v) is 4.66. The summed E-state index contributed by atoms with van der Waals surface area (Å²) in [7, 11) is 1.41. The minimum atomic E-state index is -1.10. The molecule has 0 aromatic heterocycles. The Bertz CT molecular complexity index is 277. The van der Waals surface area contributed by atoms with Crippen molar-refractivity contribution in [2.45, 2.75) is 44.6 Å². The summed E-state index contributed by atoms with van der Waals surface area (Å²) in [6, 6.07) is -0.680. The zero-order valence-electron chi connectivity index (χ0n) is 10.2. The van der Waals surface area contributed by atoms with E-state index in [1.165, 1.54) is 26.3 Å². The minimum absolute atomic E-state index is 0.424. The normalized spacial score (nSPS) is 18.5. The highest BCUT2D eigenvalue weighted by Gasteiger charge is 2.29. The van der Waals surface area contributed by atoms with Crippen LogP contribution in [0.2, 0.25) is 0 Å². The van der Waals surface area contributed by atoms with Gasteiger partial charge < -0.3 is 5.11 Å². The Hall–Kier alpha value is -1.30. The largest absolute Gasteiger partial charge is 0.465 e. The first-order valence-electron chi connectivity index (χ1n) is 6.02. The van der Waals surface area contributed by atoms with Crippen molar-refractivity contribution in [2.24, 2.45) is 11.8 Å². The van der Waals surface area contributed by atoms with E-state index in [1.807, 2.05) is 5.43 Å². The lowest BCUT2D eigenvalue weighted by Gasteiger charge is -2.29. The van der Waals surface area contributed by atoms with Crippen molar-refractivity contribution in [1.82, 2.24) is 10.3 Å². The maximum atomic E-state index is 11.6. The minimum Gasteiger partial charge on any atom is -0.465 e. The summed E-state index contributed by atoms with van der Waals surface area (Å²) >= 11 is 0. The number of nitrogens with two attached hydrogens (primary N) is 1. The third-order valence-corrected chi connectivity index (χ3v) is 3.50. The van der Waals surface area contributed by atoms with E-state index in [9.17, 15) is 9.59 Å². The Morgan fingerprint density at radius 1 is 1.41 bits per heavy atom. The predicted octanol–water partition coefficient (Wildman–Crippen LogP) is 0.925. The van der Waals surface area contributed by atoms with Crippen LogP contribution in [0.5, 0.6) is 0 Å². The molecule has 0 saturated heterocycles. The van der Waals surface area contributed by atoms with Crippen LogP contribution in [0.3, 0.4) is 0 Å². The van der Waals surface area contributed by atoms with Crippen LogP contribution in [0.1, 0.15) is 38.5 Å². The zero-order chi connectivity index (χ0) is 12.8. The van der Waals surface area contributed by atoms with Gasteiger partial charge in [-0.1, -0.05) is 32.1 Å². The number of hydrogen-bond acceptors (Lipinski definition) is 3.